The SMILES string of the molecule is CNCCCNc1nccc(Nc2cc(C3CC3)[nH]n2)n1. The minimum Gasteiger partial charge on any atom is -0.354 e. The number of anilines is 3. The van der Waals surface area contributed by atoms with Crippen molar-refractivity contribution in [2.24, 2.45) is 0 Å². The summed E-state index contributed by atoms with van der Waals surface area (Å²) >= 11 is 0. The Morgan fingerprint density at radius 1 is 1.29 bits per heavy atom. The van der Waals surface area contributed by atoms with Crippen LogP contribution in [-0.4, -0.2) is 40.3 Å². The Morgan fingerprint density at radius 2 is 2.19 bits per heavy atom. The van der Waals surface area contributed by atoms with Gasteiger partial charge in [-0.2, -0.15) is 10.1 Å². The summed E-state index contributed by atoms with van der Waals surface area (Å²) in [7, 11) is 1.95. The van der Waals surface area contributed by atoms with Crippen molar-refractivity contribution in [2.75, 3.05) is 30.8 Å². The monoisotopic (exact) mass is 287 g/mol. The number of rotatable bonds is 8. The summed E-state index contributed by atoms with van der Waals surface area (Å²) in [6.07, 6.45) is 5.29. The van der Waals surface area contributed by atoms with Gasteiger partial charge in [0.15, 0.2) is 5.82 Å². The number of hydrogen-bond acceptors (Lipinski definition) is 6. The van der Waals surface area contributed by atoms with Crippen LogP contribution in [0.2, 0.25) is 0 Å². The predicted molar refractivity (Wildman–Crippen MR) is 82.9 cm³/mol. The topological polar surface area (TPSA) is 90.6 Å². The highest BCUT2D eigenvalue weighted by molar-refractivity contribution is 5.53. The largest absolute Gasteiger partial charge is 0.354 e. The van der Waals surface area contributed by atoms with E-state index in [1.165, 1.54) is 18.5 Å². The Kier molecular flexibility index (Phi) is 4.30. The van der Waals surface area contributed by atoms with Crippen molar-refractivity contribution in [1.82, 2.24) is 25.5 Å². The van der Waals surface area contributed by atoms with E-state index < -0.39 is 0 Å². The third-order valence-electron chi connectivity index (χ3n) is 3.41. The molecule has 2 aromatic heterocycles. The summed E-state index contributed by atoms with van der Waals surface area (Å²) in [6.45, 7) is 1.82. The van der Waals surface area contributed by atoms with E-state index in [1.807, 2.05) is 13.1 Å². The Balaban J connectivity index is 1.56. The summed E-state index contributed by atoms with van der Waals surface area (Å²) in [4.78, 5) is 8.64. The van der Waals surface area contributed by atoms with Gasteiger partial charge in [-0.1, -0.05) is 0 Å². The molecule has 0 amide bonds. The first-order chi connectivity index (χ1) is 10.3. The normalized spacial score (nSPS) is 14.1. The Morgan fingerprint density at radius 3 is 3.00 bits per heavy atom. The van der Waals surface area contributed by atoms with Gasteiger partial charge in [-0.15, -0.1) is 0 Å². The standard InChI is InChI=1S/C14H21N7/c1-15-6-2-7-16-14-17-8-5-12(19-14)18-13-9-11(20-21-13)10-3-4-10/h5,8-10,15H,2-4,6-7H2,1H3,(H3,16,17,18,19,20,21). The van der Waals surface area contributed by atoms with Crippen LogP contribution in [0.5, 0.6) is 0 Å². The van der Waals surface area contributed by atoms with Gasteiger partial charge in [0, 0.05) is 30.4 Å². The molecule has 0 saturated heterocycles. The Labute approximate surface area is 124 Å². The lowest BCUT2D eigenvalue weighted by Gasteiger charge is -2.06. The number of nitrogens with zero attached hydrogens (tertiary/aromatic N) is 3. The molecule has 1 aliphatic rings. The average molecular weight is 287 g/mol. The van der Waals surface area contributed by atoms with E-state index in [4.69, 9.17) is 0 Å². The molecule has 1 fully saturated rings. The zero-order valence-corrected chi connectivity index (χ0v) is 12.2. The quantitative estimate of drug-likeness (QED) is 0.554. The third kappa shape index (κ3) is 3.91. The molecule has 1 aliphatic carbocycles. The molecule has 0 aromatic carbocycles. The van der Waals surface area contributed by atoms with Gasteiger partial charge >= 0.3 is 0 Å². The molecule has 0 aliphatic heterocycles. The molecule has 7 heteroatoms. The summed E-state index contributed by atoms with van der Waals surface area (Å²) in [6, 6.07) is 3.89. The maximum absolute atomic E-state index is 4.43. The van der Waals surface area contributed by atoms with E-state index >= 15 is 0 Å². The molecule has 2 heterocycles. The molecule has 0 bridgehead atoms. The van der Waals surface area contributed by atoms with Crippen LogP contribution in [0.4, 0.5) is 17.6 Å². The lowest BCUT2D eigenvalue weighted by atomic mass is 10.3. The van der Waals surface area contributed by atoms with E-state index in [-0.39, 0.29) is 0 Å². The van der Waals surface area contributed by atoms with Gasteiger partial charge in [-0.3, -0.25) is 5.10 Å². The molecule has 4 N–H and O–H groups in total. The number of aromatic amines is 1. The number of aromatic nitrogens is 4. The molecule has 2 aromatic rings. The number of hydrogen-bond donors (Lipinski definition) is 4. The fourth-order valence-corrected chi connectivity index (χ4v) is 2.11. The highest BCUT2D eigenvalue weighted by Gasteiger charge is 2.25. The summed E-state index contributed by atoms with van der Waals surface area (Å²) in [5.74, 6) is 2.85. The second kappa shape index (κ2) is 6.53. The second-order valence-electron chi connectivity index (χ2n) is 5.26. The van der Waals surface area contributed by atoms with Crippen molar-refractivity contribution >= 4 is 17.6 Å². The molecule has 3 rings (SSSR count). The van der Waals surface area contributed by atoms with E-state index in [1.54, 1.807) is 6.20 Å². The van der Waals surface area contributed by atoms with Crippen LogP contribution in [0.1, 0.15) is 30.9 Å². The van der Waals surface area contributed by atoms with Gasteiger partial charge < -0.3 is 16.0 Å². The molecule has 7 nitrogen and oxygen atoms in total. The number of nitrogens with one attached hydrogen (secondary N) is 4. The predicted octanol–water partition coefficient (Wildman–Crippen LogP) is 1.84. The van der Waals surface area contributed by atoms with Crippen LogP contribution < -0.4 is 16.0 Å². The van der Waals surface area contributed by atoms with Crippen LogP contribution in [0.3, 0.4) is 0 Å². The molecule has 112 valence electrons. The van der Waals surface area contributed by atoms with Gasteiger partial charge in [0.25, 0.3) is 0 Å². The fraction of sp³-hybridized carbons (Fsp3) is 0.500. The van der Waals surface area contributed by atoms with Crippen LogP contribution in [-0.2, 0) is 0 Å². The second-order valence-corrected chi connectivity index (χ2v) is 5.26. The van der Waals surface area contributed by atoms with Crippen molar-refractivity contribution in [1.29, 1.82) is 0 Å². The summed E-state index contributed by atoms with van der Waals surface area (Å²) in [5, 5.41) is 16.9. The first kappa shape index (κ1) is 13.8. The maximum Gasteiger partial charge on any atom is 0.224 e. The van der Waals surface area contributed by atoms with Crippen molar-refractivity contribution in [3.63, 3.8) is 0 Å². The number of H-pyrrole nitrogens is 1. The molecular weight excluding hydrogens is 266 g/mol. The molecule has 0 atom stereocenters. The average Bonchev–Trinajstić information content (AvgIpc) is 3.25. The Hall–Kier alpha value is -2.15. The van der Waals surface area contributed by atoms with Crippen LogP contribution in [0, 0.1) is 0 Å². The van der Waals surface area contributed by atoms with Crippen LogP contribution in [0.25, 0.3) is 0 Å². The molecule has 0 spiro atoms. The highest BCUT2D eigenvalue weighted by Crippen LogP contribution is 2.39. The van der Waals surface area contributed by atoms with Crippen molar-refractivity contribution in [2.45, 2.75) is 25.2 Å². The van der Waals surface area contributed by atoms with Gasteiger partial charge in [0.05, 0.1) is 0 Å². The maximum atomic E-state index is 4.43. The van der Waals surface area contributed by atoms with Crippen molar-refractivity contribution in [3.8, 4) is 0 Å². The summed E-state index contributed by atoms with van der Waals surface area (Å²) in [5.41, 5.74) is 1.21. The van der Waals surface area contributed by atoms with E-state index in [0.29, 0.717) is 11.9 Å². The minimum atomic E-state index is 0.633. The molecular formula is C14H21N7. The lowest BCUT2D eigenvalue weighted by molar-refractivity contribution is 0.745. The third-order valence-corrected chi connectivity index (χ3v) is 3.41. The lowest BCUT2D eigenvalue weighted by Crippen LogP contribution is -2.14. The smallest absolute Gasteiger partial charge is 0.224 e. The first-order valence-corrected chi connectivity index (χ1v) is 7.39. The van der Waals surface area contributed by atoms with E-state index in [2.05, 4.69) is 42.2 Å². The van der Waals surface area contributed by atoms with Gasteiger partial charge in [0.1, 0.15) is 5.82 Å². The zero-order chi connectivity index (χ0) is 14.5. The van der Waals surface area contributed by atoms with E-state index in [9.17, 15) is 0 Å². The molecule has 0 unspecified atom stereocenters. The summed E-state index contributed by atoms with van der Waals surface area (Å²) < 4.78 is 0. The van der Waals surface area contributed by atoms with Crippen LogP contribution in [0.15, 0.2) is 18.3 Å². The first-order valence-electron chi connectivity index (χ1n) is 7.39. The molecule has 21 heavy (non-hydrogen) atoms. The van der Waals surface area contributed by atoms with Crippen LogP contribution >= 0.6 is 0 Å². The van der Waals surface area contributed by atoms with Gasteiger partial charge in [0.2, 0.25) is 5.95 Å². The molecule has 1 saturated carbocycles. The minimum absolute atomic E-state index is 0.633. The Bertz CT molecular complexity index is 576. The van der Waals surface area contributed by atoms with Crippen molar-refractivity contribution in [3.05, 3.63) is 24.0 Å². The van der Waals surface area contributed by atoms with Gasteiger partial charge in [-0.25, -0.2) is 4.98 Å². The molecule has 0 radical (unpaired) electrons. The zero-order valence-electron chi connectivity index (χ0n) is 12.2. The van der Waals surface area contributed by atoms with Gasteiger partial charge in [-0.05, 0) is 38.9 Å². The highest BCUT2D eigenvalue weighted by atomic mass is 15.2. The fourth-order valence-electron chi connectivity index (χ4n) is 2.11. The van der Waals surface area contributed by atoms with E-state index in [0.717, 1.165) is 31.1 Å². The van der Waals surface area contributed by atoms with Crippen molar-refractivity contribution < 1.29 is 0 Å².